The molecule has 136 valence electrons. The number of ether oxygens (including phenoxy) is 3. The SMILES string of the molecule is N[C@H]1[C@H](OC[C@H]2O[C@H](O)[C@H](O)[C@@H](O)[C@@H]2O)O[C@H](CO)[C@@H](O)[C@@H]1O. The third kappa shape index (κ3) is 3.81. The van der Waals surface area contributed by atoms with E-state index in [1.165, 1.54) is 0 Å². The Morgan fingerprint density at radius 2 is 1.39 bits per heavy atom. The van der Waals surface area contributed by atoms with Crippen LogP contribution in [0.15, 0.2) is 0 Å². The van der Waals surface area contributed by atoms with Crippen LogP contribution >= 0.6 is 0 Å². The largest absolute Gasteiger partial charge is 0.394 e. The Morgan fingerprint density at radius 1 is 0.783 bits per heavy atom. The Kier molecular flexibility index (Phi) is 6.27. The van der Waals surface area contributed by atoms with Crippen molar-refractivity contribution in [2.45, 2.75) is 61.3 Å². The number of hydrogen-bond acceptors (Lipinski definition) is 11. The van der Waals surface area contributed by atoms with E-state index in [2.05, 4.69) is 0 Å². The summed E-state index contributed by atoms with van der Waals surface area (Å²) in [4.78, 5) is 0. The van der Waals surface area contributed by atoms with Crippen LogP contribution in [0.2, 0.25) is 0 Å². The summed E-state index contributed by atoms with van der Waals surface area (Å²) in [6, 6.07) is -1.13. The van der Waals surface area contributed by atoms with Gasteiger partial charge in [0.05, 0.1) is 19.3 Å². The number of hydrogen-bond donors (Lipinski definition) is 8. The highest BCUT2D eigenvalue weighted by atomic mass is 16.7. The number of aliphatic hydroxyl groups excluding tert-OH is 7. The molecule has 2 heterocycles. The highest BCUT2D eigenvalue weighted by molar-refractivity contribution is 4.92. The van der Waals surface area contributed by atoms with Gasteiger partial charge in [-0.1, -0.05) is 0 Å². The van der Waals surface area contributed by atoms with Crippen molar-refractivity contribution in [2.75, 3.05) is 13.2 Å². The zero-order valence-electron chi connectivity index (χ0n) is 12.1. The standard InChI is InChI=1S/C12H23NO10/c13-5-8(17)6(15)3(1-14)23-12(5)21-2-4-7(16)9(18)10(19)11(20)22-4/h3-12,14-20H,1-2,13H2/t3-,4-,5-,6-,7-,8-,9+,10-,11+,12-/m1/s1. The number of aliphatic hydroxyl groups is 7. The van der Waals surface area contributed by atoms with Crippen molar-refractivity contribution in [3.63, 3.8) is 0 Å². The molecule has 0 aliphatic carbocycles. The summed E-state index contributed by atoms with van der Waals surface area (Å²) in [6.07, 6.45) is -12.8. The molecule has 11 nitrogen and oxygen atoms in total. The first-order chi connectivity index (χ1) is 10.8. The van der Waals surface area contributed by atoms with Gasteiger partial charge in [0, 0.05) is 0 Å². The minimum absolute atomic E-state index is 0.388. The fraction of sp³-hybridized carbons (Fsp3) is 1.00. The quantitative estimate of drug-likeness (QED) is 0.243. The zero-order chi connectivity index (χ0) is 17.3. The zero-order valence-corrected chi connectivity index (χ0v) is 12.1. The van der Waals surface area contributed by atoms with Crippen LogP contribution in [0, 0.1) is 0 Å². The molecule has 2 saturated heterocycles. The van der Waals surface area contributed by atoms with E-state index in [0.717, 1.165) is 0 Å². The van der Waals surface area contributed by atoms with Crippen molar-refractivity contribution >= 4 is 0 Å². The lowest BCUT2D eigenvalue weighted by molar-refractivity contribution is -0.310. The third-order valence-electron chi connectivity index (χ3n) is 4.04. The predicted molar refractivity (Wildman–Crippen MR) is 70.6 cm³/mol. The van der Waals surface area contributed by atoms with E-state index in [0.29, 0.717) is 0 Å². The van der Waals surface area contributed by atoms with Crippen molar-refractivity contribution in [1.82, 2.24) is 0 Å². The average Bonchev–Trinajstić information content (AvgIpc) is 2.54. The summed E-state index contributed by atoms with van der Waals surface area (Å²) in [5.41, 5.74) is 5.67. The van der Waals surface area contributed by atoms with Gasteiger partial charge in [-0.3, -0.25) is 0 Å². The maximum atomic E-state index is 9.79. The second-order valence-electron chi connectivity index (χ2n) is 5.65. The summed E-state index contributed by atoms with van der Waals surface area (Å²) >= 11 is 0. The Hall–Kier alpha value is -0.440. The van der Waals surface area contributed by atoms with Gasteiger partial charge in [0.15, 0.2) is 12.6 Å². The fourth-order valence-corrected chi connectivity index (χ4v) is 2.51. The second kappa shape index (κ2) is 7.63. The molecule has 0 aromatic heterocycles. The molecule has 2 aliphatic rings. The van der Waals surface area contributed by atoms with Gasteiger partial charge in [-0.25, -0.2) is 0 Å². The van der Waals surface area contributed by atoms with Gasteiger partial charge >= 0.3 is 0 Å². The van der Waals surface area contributed by atoms with E-state index < -0.39 is 68.0 Å². The summed E-state index contributed by atoms with van der Waals surface area (Å²) < 4.78 is 15.4. The lowest BCUT2D eigenvalue weighted by Gasteiger charge is -2.42. The topological polar surface area (TPSA) is 195 Å². The number of rotatable bonds is 4. The van der Waals surface area contributed by atoms with E-state index in [1.807, 2.05) is 0 Å². The minimum atomic E-state index is -1.71. The maximum Gasteiger partial charge on any atom is 0.184 e. The molecular formula is C12H23NO10. The first-order valence-electron chi connectivity index (χ1n) is 7.15. The molecule has 23 heavy (non-hydrogen) atoms. The van der Waals surface area contributed by atoms with Gasteiger partial charge < -0.3 is 55.7 Å². The maximum absolute atomic E-state index is 9.79. The van der Waals surface area contributed by atoms with Gasteiger partial charge in [0.1, 0.15) is 42.7 Å². The lowest BCUT2D eigenvalue weighted by atomic mass is 9.97. The van der Waals surface area contributed by atoms with Crippen molar-refractivity contribution in [3.8, 4) is 0 Å². The van der Waals surface area contributed by atoms with E-state index in [9.17, 15) is 30.6 Å². The molecule has 11 heteroatoms. The molecule has 0 aromatic carbocycles. The molecule has 0 bridgehead atoms. The molecule has 10 atom stereocenters. The lowest BCUT2D eigenvalue weighted by Crippen LogP contribution is -2.63. The molecule has 2 aliphatic heterocycles. The highest BCUT2D eigenvalue weighted by Gasteiger charge is 2.46. The summed E-state index contributed by atoms with van der Waals surface area (Å²) in [7, 11) is 0. The summed E-state index contributed by atoms with van der Waals surface area (Å²) in [5, 5.41) is 66.7. The van der Waals surface area contributed by atoms with Crippen molar-refractivity contribution < 1.29 is 50.0 Å². The molecule has 9 N–H and O–H groups in total. The van der Waals surface area contributed by atoms with Crippen molar-refractivity contribution in [3.05, 3.63) is 0 Å². The molecular weight excluding hydrogens is 318 g/mol. The van der Waals surface area contributed by atoms with E-state index in [1.54, 1.807) is 0 Å². The van der Waals surface area contributed by atoms with Crippen LogP contribution in [0.5, 0.6) is 0 Å². The average molecular weight is 341 g/mol. The predicted octanol–water partition coefficient (Wildman–Crippen LogP) is -5.43. The van der Waals surface area contributed by atoms with Crippen LogP contribution < -0.4 is 5.73 Å². The van der Waals surface area contributed by atoms with Crippen LogP contribution in [0.1, 0.15) is 0 Å². The van der Waals surface area contributed by atoms with Crippen LogP contribution in [-0.4, -0.2) is 110 Å². The molecule has 0 aromatic rings. The summed E-state index contributed by atoms with van der Waals surface area (Å²) in [6.45, 7) is -0.960. The molecule has 0 radical (unpaired) electrons. The highest BCUT2D eigenvalue weighted by Crippen LogP contribution is 2.24. The van der Waals surface area contributed by atoms with E-state index >= 15 is 0 Å². The normalized spacial score (nSPS) is 51.7. The Bertz CT molecular complexity index is 385. The van der Waals surface area contributed by atoms with Crippen LogP contribution in [0.4, 0.5) is 0 Å². The number of nitrogens with two attached hydrogens (primary N) is 1. The second-order valence-corrected chi connectivity index (χ2v) is 5.65. The molecule has 0 spiro atoms. The van der Waals surface area contributed by atoms with E-state index in [-0.39, 0.29) is 6.61 Å². The third-order valence-corrected chi connectivity index (χ3v) is 4.04. The Morgan fingerprint density at radius 3 is 2.00 bits per heavy atom. The van der Waals surface area contributed by atoms with Gasteiger partial charge in [-0.05, 0) is 0 Å². The first-order valence-corrected chi connectivity index (χ1v) is 7.15. The van der Waals surface area contributed by atoms with Gasteiger partial charge in [-0.2, -0.15) is 0 Å². The smallest absolute Gasteiger partial charge is 0.184 e. The Balaban J connectivity index is 1.94. The van der Waals surface area contributed by atoms with Crippen LogP contribution in [-0.2, 0) is 14.2 Å². The van der Waals surface area contributed by atoms with Crippen LogP contribution in [0.3, 0.4) is 0 Å². The van der Waals surface area contributed by atoms with Gasteiger partial charge in [0.25, 0.3) is 0 Å². The van der Waals surface area contributed by atoms with Crippen molar-refractivity contribution in [2.24, 2.45) is 5.73 Å². The fourth-order valence-electron chi connectivity index (χ4n) is 2.51. The van der Waals surface area contributed by atoms with Gasteiger partial charge in [0.2, 0.25) is 0 Å². The molecule has 0 amide bonds. The Labute approximate surface area is 131 Å². The first kappa shape index (κ1) is 18.9. The molecule has 0 unspecified atom stereocenters. The summed E-state index contributed by atoms with van der Waals surface area (Å²) in [5.74, 6) is 0. The molecule has 2 fully saturated rings. The molecule has 2 rings (SSSR count). The van der Waals surface area contributed by atoms with E-state index in [4.69, 9.17) is 25.1 Å². The molecule has 0 saturated carbocycles. The van der Waals surface area contributed by atoms with Crippen molar-refractivity contribution in [1.29, 1.82) is 0 Å². The minimum Gasteiger partial charge on any atom is -0.394 e. The van der Waals surface area contributed by atoms with Crippen LogP contribution in [0.25, 0.3) is 0 Å². The van der Waals surface area contributed by atoms with Gasteiger partial charge in [-0.15, -0.1) is 0 Å². The monoisotopic (exact) mass is 341 g/mol.